The molecule has 0 bridgehead atoms. The number of fused-ring (bicyclic) bond motifs is 1. The van der Waals surface area contributed by atoms with Crippen molar-refractivity contribution in [3.8, 4) is 5.75 Å². The summed E-state index contributed by atoms with van der Waals surface area (Å²) in [5.74, 6) is 1.66. The summed E-state index contributed by atoms with van der Waals surface area (Å²) in [6.07, 6.45) is 8.97. The summed E-state index contributed by atoms with van der Waals surface area (Å²) in [7, 11) is 0. The molecule has 0 radical (unpaired) electrons. The van der Waals surface area contributed by atoms with Crippen molar-refractivity contribution in [2.24, 2.45) is 5.92 Å². The van der Waals surface area contributed by atoms with Crippen LogP contribution in [0.2, 0.25) is 0 Å². The first-order chi connectivity index (χ1) is 13.6. The predicted molar refractivity (Wildman–Crippen MR) is 108 cm³/mol. The van der Waals surface area contributed by atoms with Crippen molar-refractivity contribution >= 4 is 11.8 Å². The van der Waals surface area contributed by atoms with Crippen molar-refractivity contribution in [3.63, 3.8) is 0 Å². The number of amides is 2. The van der Waals surface area contributed by atoms with E-state index in [1.165, 1.54) is 32.1 Å². The molecule has 2 aliphatic heterocycles. The lowest BCUT2D eigenvalue weighted by Crippen LogP contribution is -2.40. The molecule has 2 heterocycles. The van der Waals surface area contributed by atoms with Crippen molar-refractivity contribution in [2.45, 2.75) is 70.9 Å². The Morgan fingerprint density at radius 3 is 2.57 bits per heavy atom. The molecule has 0 N–H and O–H groups in total. The number of benzene rings is 1. The maximum atomic E-state index is 13.1. The van der Waals surface area contributed by atoms with Crippen LogP contribution in [0.3, 0.4) is 0 Å². The van der Waals surface area contributed by atoms with Gasteiger partial charge in [-0.1, -0.05) is 19.3 Å². The van der Waals surface area contributed by atoms with Crippen molar-refractivity contribution in [2.75, 3.05) is 19.7 Å². The smallest absolute Gasteiger partial charge is 0.253 e. The Balaban J connectivity index is 1.50. The van der Waals surface area contributed by atoms with E-state index in [0.717, 1.165) is 37.2 Å². The molecule has 1 atom stereocenters. The fourth-order valence-corrected chi connectivity index (χ4v) is 4.81. The Hall–Kier alpha value is -2.04. The highest BCUT2D eigenvalue weighted by atomic mass is 16.5. The third kappa shape index (κ3) is 4.18. The van der Waals surface area contributed by atoms with Crippen LogP contribution >= 0.6 is 0 Å². The summed E-state index contributed by atoms with van der Waals surface area (Å²) >= 11 is 0. The van der Waals surface area contributed by atoms with Crippen LogP contribution in [0.5, 0.6) is 5.75 Å². The minimum Gasteiger partial charge on any atom is -0.491 e. The Bertz CT molecular complexity index is 721. The number of hydrogen-bond donors (Lipinski definition) is 0. The Labute approximate surface area is 168 Å². The van der Waals surface area contributed by atoms with E-state index >= 15 is 0 Å². The van der Waals surface area contributed by atoms with Gasteiger partial charge in [-0.2, -0.15) is 0 Å². The number of rotatable bonds is 3. The monoisotopic (exact) mass is 384 g/mol. The molecule has 5 heteroatoms. The third-order valence-corrected chi connectivity index (χ3v) is 6.56. The minimum atomic E-state index is 0.0428. The van der Waals surface area contributed by atoms with Crippen molar-refractivity contribution < 1.29 is 14.3 Å². The molecule has 1 saturated heterocycles. The van der Waals surface area contributed by atoms with Crippen LogP contribution in [-0.2, 0) is 11.3 Å². The van der Waals surface area contributed by atoms with Gasteiger partial charge < -0.3 is 14.5 Å². The largest absolute Gasteiger partial charge is 0.491 e. The van der Waals surface area contributed by atoms with E-state index in [1.807, 2.05) is 28.0 Å². The molecular formula is C23H32N2O3. The fourth-order valence-electron chi connectivity index (χ4n) is 4.81. The summed E-state index contributed by atoms with van der Waals surface area (Å²) in [5.41, 5.74) is 1.66. The third-order valence-electron chi connectivity index (χ3n) is 6.56. The van der Waals surface area contributed by atoms with Crippen molar-refractivity contribution in [3.05, 3.63) is 29.3 Å². The average Bonchev–Trinajstić information content (AvgIpc) is 3.20. The Morgan fingerprint density at radius 2 is 1.82 bits per heavy atom. The number of carbonyl (C=O) groups is 2. The summed E-state index contributed by atoms with van der Waals surface area (Å²) in [6, 6.07) is 5.75. The molecule has 1 aliphatic carbocycles. The second-order valence-electron chi connectivity index (χ2n) is 8.71. The van der Waals surface area contributed by atoms with Crippen LogP contribution in [-0.4, -0.2) is 47.4 Å². The number of nitrogens with zero attached hydrogens (tertiary/aromatic N) is 2. The zero-order valence-electron chi connectivity index (χ0n) is 17.0. The van der Waals surface area contributed by atoms with Crippen LogP contribution in [0.4, 0.5) is 0 Å². The van der Waals surface area contributed by atoms with Crippen LogP contribution in [0.1, 0.15) is 74.2 Å². The van der Waals surface area contributed by atoms with E-state index in [4.69, 9.17) is 4.74 Å². The van der Waals surface area contributed by atoms with E-state index in [9.17, 15) is 9.59 Å². The molecule has 0 aromatic heterocycles. The number of ether oxygens (including phenoxy) is 1. The maximum Gasteiger partial charge on any atom is 0.253 e. The van der Waals surface area contributed by atoms with Crippen LogP contribution in [0.25, 0.3) is 0 Å². The highest BCUT2D eigenvalue weighted by molar-refractivity contribution is 5.94. The zero-order valence-corrected chi connectivity index (χ0v) is 17.0. The van der Waals surface area contributed by atoms with Gasteiger partial charge >= 0.3 is 0 Å². The highest BCUT2D eigenvalue weighted by Gasteiger charge is 2.29. The Kier molecular flexibility index (Phi) is 5.88. The molecule has 5 nitrogen and oxygen atoms in total. The van der Waals surface area contributed by atoms with E-state index < -0.39 is 0 Å². The number of carbonyl (C=O) groups excluding carboxylic acids is 2. The van der Waals surface area contributed by atoms with E-state index in [0.29, 0.717) is 31.1 Å². The first-order valence-corrected chi connectivity index (χ1v) is 11.0. The lowest BCUT2D eigenvalue weighted by molar-refractivity contribution is -0.135. The average molecular weight is 385 g/mol. The molecule has 0 unspecified atom stereocenters. The van der Waals surface area contributed by atoms with Crippen LogP contribution in [0.15, 0.2) is 18.2 Å². The summed E-state index contributed by atoms with van der Waals surface area (Å²) < 4.78 is 5.97. The van der Waals surface area contributed by atoms with Gasteiger partial charge in [0, 0.05) is 37.2 Å². The molecule has 1 saturated carbocycles. The van der Waals surface area contributed by atoms with Gasteiger partial charge in [-0.25, -0.2) is 0 Å². The Morgan fingerprint density at radius 1 is 1.07 bits per heavy atom. The van der Waals surface area contributed by atoms with Crippen molar-refractivity contribution in [1.29, 1.82) is 0 Å². The van der Waals surface area contributed by atoms with Crippen LogP contribution < -0.4 is 4.74 Å². The normalized spacial score (nSPS) is 23.1. The summed E-state index contributed by atoms with van der Waals surface area (Å²) in [5, 5.41) is 0. The van der Waals surface area contributed by atoms with E-state index in [-0.39, 0.29) is 17.9 Å². The fraction of sp³-hybridized carbons (Fsp3) is 0.652. The number of hydrogen-bond acceptors (Lipinski definition) is 3. The molecule has 152 valence electrons. The summed E-state index contributed by atoms with van der Waals surface area (Å²) in [6.45, 7) is 4.78. The minimum absolute atomic E-state index is 0.0428. The lowest BCUT2D eigenvalue weighted by Gasteiger charge is -2.29. The van der Waals surface area contributed by atoms with Gasteiger partial charge in [0.1, 0.15) is 12.4 Å². The molecule has 0 spiro atoms. The molecule has 28 heavy (non-hydrogen) atoms. The lowest BCUT2D eigenvalue weighted by atomic mass is 9.86. The topological polar surface area (TPSA) is 49.9 Å². The van der Waals surface area contributed by atoms with E-state index in [2.05, 4.69) is 6.92 Å². The van der Waals surface area contributed by atoms with Crippen LogP contribution in [0, 0.1) is 5.92 Å². The standard InChI is InChI=1S/C23H32N2O3/c1-17-16-28-21-10-9-19(23(27)24-11-5-6-12-24)14-20(21)15-25(17)22(26)13-18-7-3-2-4-8-18/h9-10,14,17-18H,2-8,11-13,15-16H2,1H3/t17-/m0/s1. The second-order valence-corrected chi connectivity index (χ2v) is 8.71. The predicted octanol–water partition coefficient (Wildman–Crippen LogP) is 4.00. The highest BCUT2D eigenvalue weighted by Crippen LogP contribution is 2.30. The summed E-state index contributed by atoms with van der Waals surface area (Å²) in [4.78, 5) is 29.7. The van der Waals surface area contributed by atoms with Gasteiger partial charge in [0.05, 0.1) is 6.04 Å². The molecule has 2 fully saturated rings. The van der Waals surface area contributed by atoms with Gasteiger partial charge in [-0.3, -0.25) is 9.59 Å². The maximum absolute atomic E-state index is 13.1. The molecule has 3 aliphatic rings. The SMILES string of the molecule is C[C@H]1COc2ccc(C(=O)N3CCCC3)cc2CN1C(=O)CC1CCCCC1. The molecule has 1 aromatic carbocycles. The first kappa shape index (κ1) is 19.3. The van der Waals surface area contributed by atoms with Gasteiger partial charge in [-0.15, -0.1) is 0 Å². The van der Waals surface area contributed by atoms with Gasteiger partial charge in [0.25, 0.3) is 5.91 Å². The van der Waals surface area contributed by atoms with Crippen molar-refractivity contribution in [1.82, 2.24) is 9.80 Å². The molecule has 2 amide bonds. The number of likely N-dealkylation sites (tertiary alicyclic amines) is 1. The first-order valence-electron chi connectivity index (χ1n) is 11.0. The second kappa shape index (κ2) is 8.54. The molecular weight excluding hydrogens is 352 g/mol. The van der Waals surface area contributed by atoms with Gasteiger partial charge in [0.15, 0.2) is 0 Å². The zero-order chi connectivity index (χ0) is 19.5. The van der Waals surface area contributed by atoms with Gasteiger partial charge in [0.2, 0.25) is 5.91 Å². The molecule has 1 aromatic rings. The quantitative estimate of drug-likeness (QED) is 0.791. The van der Waals surface area contributed by atoms with E-state index in [1.54, 1.807) is 0 Å². The molecule has 4 rings (SSSR count). The van der Waals surface area contributed by atoms with Gasteiger partial charge in [-0.05, 0) is 56.7 Å².